The molecule has 0 atom stereocenters. The second-order valence-electron chi connectivity index (χ2n) is 8.83. The number of para-hydroxylation sites is 1. The number of methoxy groups -OCH3 is 1. The van der Waals surface area contributed by atoms with Crippen LogP contribution in [0.15, 0.2) is 99.3 Å². The second-order valence-corrected chi connectivity index (χ2v) is 10.1. The Morgan fingerprint density at radius 2 is 1.76 bits per heavy atom. The van der Waals surface area contributed by atoms with E-state index in [4.69, 9.17) is 21.1 Å². The van der Waals surface area contributed by atoms with Crippen LogP contribution in [0.2, 0.25) is 5.02 Å². The summed E-state index contributed by atoms with van der Waals surface area (Å²) in [6, 6.07) is 21.8. The third-order valence-electron chi connectivity index (χ3n) is 6.10. The molecule has 5 rings (SSSR count). The quantitative estimate of drug-likeness (QED) is 0.169. The third-order valence-corrected chi connectivity index (χ3v) is 7.04. The van der Waals surface area contributed by atoms with E-state index in [-0.39, 0.29) is 23.4 Å². The van der Waals surface area contributed by atoms with Crippen LogP contribution in [0.4, 0.5) is 13.2 Å². The predicted octanol–water partition coefficient (Wildman–Crippen LogP) is 7.97. The molecule has 0 aliphatic heterocycles. The second kappa shape index (κ2) is 11.8. The first kappa shape index (κ1) is 28.4. The van der Waals surface area contributed by atoms with Gasteiger partial charge in [0.2, 0.25) is 0 Å². The van der Waals surface area contributed by atoms with Gasteiger partial charge in [-0.1, -0.05) is 48.0 Å². The minimum Gasteiger partial charge on any atom is -0.493 e. The number of hydrogen-bond acceptors (Lipinski definition) is 5. The standard InChI is InChI=1S/C30H20BrClF3N3O3/c1-40-26-14-20(24(31)15-27(26)41-17-18-9-11-22(32)12-10-18)16-36-38-28(19-5-4-6-21(13-19)30(33,34)35)37-25-8-3-2-7-23(25)29(38)39/h2-16H,17H2,1H3. The van der Waals surface area contributed by atoms with Gasteiger partial charge in [0.1, 0.15) is 6.61 Å². The lowest BCUT2D eigenvalue weighted by Crippen LogP contribution is -2.20. The van der Waals surface area contributed by atoms with Crippen molar-refractivity contribution in [3.05, 3.63) is 121 Å². The molecule has 208 valence electrons. The summed E-state index contributed by atoms with van der Waals surface area (Å²) in [7, 11) is 1.49. The van der Waals surface area contributed by atoms with Crippen LogP contribution in [0, 0.1) is 0 Å². The zero-order valence-corrected chi connectivity index (χ0v) is 23.7. The van der Waals surface area contributed by atoms with Crippen molar-refractivity contribution < 1.29 is 22.6 Å². The average Bonchev–Trinajstić information content (AvgIpc) is 2.96. The van der Waals surface area contributed by atoms with E-state index in [9.17, 15) is 18.0 Å². The Bertz CT molecular complexity index is 1820. The van der Waals surface area contributed by atoms with Gasteiger partial charge in [-0.15, -0.1) is 0 Å². The average molecular weight is 643 g/mol. The fraction of sp³-hybridized carbons (Fsp3) is 0.100. The van der Waals surface area contributed by atoms with E-state index in [1.807, 2.05) is 12.1 Å². The fourth-order valence-electron chi connectivity index (χ4n) is 4.04. The molecule has 0 fully saturated rings. The third kappa shape index (κ3) is 6.28. The number of fused-ring (bicyclic) bond motifs is 1. The highest BCUT2D eigenvalue weighted by Gasteiger charge is 2.31. The first-order valence-electron chi connectivity index (χ1n) is 12.1. The lowest BCUT2D eigenvalue weighted by molar-refractivity contribution is -0.137. The summed E-state index contributed by atoms with van der Waals surface area (Å²) in [5, 5.41) is 5.25. The molecule has 0 saturated heterocycles. The maximum Gasteiger partial charge on any atom is 0.416 e. The van der Waals surface area contributed by atoms with Crippen molar-refractivity contribution in [3.8, 4) is 22.9 Å². The van der Waals surface area contributed by atoms with Gasteiger partial charge in [0.05, 0.1) is 29.8 Å². The van der Waals surface area contributed by atoms with E-state index in [1.54, 1.807) is 48.5 Å². The zero-order valence-electron chi connectivity index (χ0n) is 21.3. The Labute approximate surface area is 245 Å². The van der Waals surface area contributed by atoms with Crippen LogP contribution in [-0.4, -0.2) is 23.0 Å². The van der Waals surface area contributed by atoms with Gasteiger partial charge in [0.25, 0.3) is 5.56 Å². The van der Waals surface area contributed by atoms with Crippen LogP contribution in [-0.2, 0) is 12.8 Å². The van der Waals surface area contributed by atoms with Gasteiger partial charge in [-0.05, 0) is 70.0 Å². The number of alkyl halides is 3. The highest BCUT2D eigenvalue weighted by Crippen LogP contribution is 2.34. The molecule has 0 radical (unpaired) electrons. The SMILES string of the molecule is COc1cc(C=Nn2c(-c3cccc(C(F)(F)F)c3)nc3ccccc3c2=O)c(Br)cc1OCc1ccc(Cl)cc1. The minimum atomic E-state index is -4.57. The summed E-state index contributed by atoms with van der Waals surface area (Å²) in [5.41, 5.74) is 0.447. The molecule has 0 aliphatic carbocycles. The molecule has 0 bridgehead atoms. The maximum absolute atomic E-state index is 13.5. The van der Waals surface area contributed by atoms with Gasteiger partial charge in [0.15, 0.2) is 17.3 Å². The van der Waals surface area contributed by atoms with Crippen LogP contribution in [0.25, 0.3) is 22.3 Å². The Balaban J connectivity index is 1.55. The molecule has 1 aromatic heterocycles. The highest BCUT2D eigenvalue weighted by atomic mass is 79.9. The van der Waals surface area contributed by atoms with Gasteiger partial charge >= 0.3 is 6.18 Å². The number of nitrogens with zero attached hydrogens (tertiary/aromatic N) is 3. The molecule has 5 aromatic rings. The molecule has 0 unspecified atom stereocenters. The summed E-state index contributed by atoms with van der Waals surface area (Å²) in [6.45, 7) is 0.270. The number of ether oxygens (including phenoxy) is 2. The van der Waals surface area contributed by atoms with E-state index in [0.717, 1.165) is 22.4 Å². The van der Waals surface area contributed by atoms with Gasteiger partial charge < -0.3 is 9.47 Å². The van der Waals surface area contributed by atoms with E-state index in [1.165, 1.54) is 25.5 Å². The van der Waals surface area contributed by atoms with Crippen LogP contribution >= 0.6 is 27.5 Å². The van der Waals surface area contributed by atoms with Crippen LogP contribution < -0.4 is 15.0 Å². The first-order valence-corrected chi connectivity index (χ1v) is 13.3. The van der Waals surface area contributed by atoms with E-state index >= 15 is 0 Å². The smallest absolute Gasteiger partial charge is 0.416 e. The lowest BCUT2D eigenvalue weighted by atomic mass is 10.1. The van der Waals surface area contributed by atoms with Crippen molar-refractivity contribution in [1.29, 1.82) is 0 Å². The van der Waals surface area contributed by atoms with E-state index in [0.29, 0.717) is 32.1 Å². The molecule has 41 heavy (non-hydrogen) atoms. The Morgan fingerprint density at radius 1 is 1.00 bits per heavy atom. The minimum absolute atomic E-state index is 0.0398. The van der Waals surface area contributed by atoms with Gasteiger partial charge in [-0.2, -0.15) is 22.9 Å². The van der Waals surface area contributed by atoms with E-state index in [2.05, 4.69) is 26.0 Å². The van der Waals surface area contributed by atoms with Crippen molar-refractivity contribution in [2.45, 2.75) is 12.8 Å². The topological polar surface area (TPSA) is 65.7 Å². The number of benzene rings is 4. The Kier molecular flexibility index (Phi) is 8.14. The van der Waals surface area contributed by atoms with Crippen LogP contribution in [0.5, 0.6) is 11.5 Å². The fourth-order valence-corrected chi connectivity index (χ4v) is 4.59. The Hall–Kier alpha value is -4.15. The van der Waals surface area contributed by atoms with E-state index < -0.39 is 17.3 Å². The molecule has 0 amide bonds. The van der Waals surface area contributed by atoms with Crippen molar-refractivity contribution >= 4 is 44.6 Å². The first-order chi connectivity index (χ1) is 19.6. The summed E-state index contributed by atoms with van der Waals surface area (Å²) in [6.07, 6.45) is -3.18. The monoisotopic (exact) mass is 641 g/mol. The van der Waals surface area contributed by atoms with Crippen LogP contribution in [0.1, 0.15) is 16.7 Å². The predicted molar refractivity (Wildman–Crippen MR) is 156 cm³/mol. The molecule has 0 spiro atoms. The molecule has 0 aliphatic rings. The van der Waals surface area contributed by atoms with Gasteiger partial charge in [-0.3, -0.25) is 4.79 Å². The normalized spacial score (nSPS) is 11.8. The molecule has 1 heterocycles. The zero-order chi connectivity index (χ0) is 29.1. The lowest BCUT2D eigenvalue weighted by Gasteiger charge is -2.13. The van der Waals surface area contributed by atoms with Crippen LogP contribution in [0.3, 0.4) is 0 Å². The van der Waals surface area contributed by atoms with Crippen molar-refractivity contribution in [1.82, 2.24) is 9.66 Å². The maximum atomic E-state index is 13.5. The molecule has 0 saturated carbocycles. The number of rotatable bonds is 7. The molecule has 0 N–H and O–H groups in total. The van der Waals surface area contributed by atoms with Crippen molar-refractivity contribution in [2.75, 3.05) is 7.11 Å². The summed E-state index contributed by atoms with van der Waals surface area (Å²) in [4.78, 5) is 17.9. The largest absolute Gasteiger partial charge is 0.493 e. The van der Waals surface area contributed by atoms with Crippen molar-refractivity contribution in [2.24, 2.45) is 5.10 Å². The van der Waals surface area contributed by atoms with Gasteiger partial charge in [-0.25, -0.2) is 4.98 Å². The molecular formula is C30H20BrClF3N3O3. The summed E-state index contributed by atoms with van der Waals surface area (Å²) >= 11 is 9.45. The summed E-state index contributed by atoms with van der Waals surface area (Å²) < 4.78 is 53.4. The molecular weight excluding hydrogens is 623 g/mol. The summed E-state index contributed by atoms with van der Waals surface area (Å²) in [5.74, 6) is 0.827. The number of hydrogen-bond donors (Lipinski definition) is 0. The van der Waals surface area contributed by atoms with Crippen molar-refractivity contribution in [3.63, 3.8) is 0 Å². The molecule has 6 nitrogen and oxygen atoms in total. The van der Waals surface area contributed by atoms with Gasteiger partial charge in [0, 0.05) is 20.6 Å². The molecule has 11 heteroatoms. The molecule has 4 aromatic carbocycles. The number of halogens is 5. The number of aromatic nitrogens is 2. The highest BCUT2D eigenvalue weighted by molar-refractivity contribution is 9.10. The Morgan fingerprint density at radius 3 is 2.49 bits per heavy atom.